The van der Waals surface area contributed by atoms with E-state index < -0.39 is 0 Å². The van der Waals surface area contributed by atoms with Gasteiger partial charge in [-0.25, -0.2) is 5.43 Å². The maximum atomic E-state index is 5.20. The molecule has 0 fully saturated rings. The number of hydrazine groups is 1. The molecular weight excluding hydrogens is 276 g/mol. The van der Waals surface area contributed by atoms with Crippen molar-refractivity contribution >= 4 is 0 Å². The summed E-state index contributed by atoms with van der Waals surface area (Å²) in [6.07, 6.45) is 9.34. The van der Waals surface area contributed by atoms with E-state index in [4.69, 9.17) is 4.84 Å². The van der Waals surface area contributed by atoms with E-state index in [2.05, 4.69) is 47.8 Å². The summed E-state index contributed by atoms with van der Waals surface area (Å²) in [5, 5.41) is 5.67. The predicted octanol–water partition coefficient (Wildman–Crippen LogP) is 1.41. The molecule has 0 amide bonds. The third kappa shape index (κ3) is 2.85. The molecule has 1 aromatic rings. The Balaban J connectivity index is 1.75. The van der Waals surface area contributed by atoms with Crippen LogP contribution in [-0.2, 0) is 6.54 Å². The molecule has 0 atom stereocenters. The summed E-state index contributed by atoms with van der Waals surface area (Å²) < 4.78 is 1.70. The lowest BCUT2D eigenvalue weighted by Gasteiger charge is -2.28. The van der Waals surface area contributed by atoms with E-state index in [1.165, 1.54) is 16.8 Å². The van der Waals surface area contributed by atoms with E-state index in [1.54, 1.807) is 11.8 Å². The first-order chi connectivity index (χ1) is 10.7. The van der Waals surface area contributed by atoms with Crippen LogP contribution in [0.5, 0.6) is 0 Å². The lowest BCUT2D eigenvalue weighted by molar-refractivity contribution is -0.885. The van der Waals surface area contributed by atoms with E-state index in [0.29, 0.717) is 0 Å². The summed E-state index contributed by atoms with van der Waals surface area (Å²) in [6, 6.07) is 4.07. The molecule has 0 unspecified atom stereocenters. The van der Waals surface area contributed by atoms with E-state index in [9.17, 15) is 0 Å². The van der Waals surface area contributed by atoms with Crippen molar-refractivity contribution in [3.63, 3.8) is 0 Å². The minimum atomic E-state index is 0.746. The number of fused-ring (bicyclic) bond motifs is 1. The Hall–Kier alpha value is -2.27. The summed E-state index contributed by atoms with van der Waals surface area (Å²) in [6.45, 7) is 6.01. The summed E-state index contributed by atoms with van der Waals surface area (Å²) in [5.74, 6) is 1.09. The molecule has 2 N–H and O–H groups in total. The highest BCUT2D eigenvalue weighted by atomic mass is 16.6. The van der Waals surface area contributed by atoms with E-state index >= 15 is 0 Å². The molecule has 5 nitrogen and oxygen atoms in total. The topological polar surface area (TPSA) is 40.4 Å². The van der Waals surface area contributed by atoms with Gasteiger partial charge >= 0.3 is 0 Å². The minimum Gasteiger partial charge on any atom is -0.366 e. The van der Waals surface area contributed by atoms with Gasteiger partial charge in [0.15, 0.2) is 0 Å². The van der Waals surface area contributed by atoms with Crippen molar-refractivity contribution in [1.29, 1.82) is 0 Å². The Bertz CT molecular complexity index is 660. The van der Waals surface area contributed by atoms with Gasteiger partial charge < -0.3 is 5.32 Å². The van der Waals surface area contributed by atoms with Gasteiger partial charge in [-0.15, -0.1) is 0 Å². The van der Waals surface area contributed by atoms with E-state index in [1.807, 2.05) is 18.5 Å². The van der Waals surface area contributed by atoms with Gasteiger partial charge in [-0.3, -0.25) is 9.85 Å². The fourth-order valence-electron chi connectivity index (χ4n) is 2.78. The summed E-state index contributed by atoms with van der Waals surface area (Å²) in [4.78, 5) is 5.20. The molecule has 0 radical (unpaired) electrons. The van der Waals surface area contributed by atoms with Crippen LogP contribution in [0.3, 0.4) is 0 Å². The average Bonchev–Trinajstić information content (AvgIpc) is 2.95. The Morgan fingerprint density at radius 1 is 1.41 bits per heavy atom. The molecular formula is C17H23N4O+. The molecule has 116 valence electrons. The van der Waals surface area contributed by atoms with Gasteiger partial charge in [0.1, 0.15) is 12.9 Å². The predicted molar refractivity (Wildman–Crippen MR) is 85.0 cm³/mol. The Kier molecular flexibility index (Phi) is 4.15. The SMILES string of the molecule is CCC1=C2C=C(C)C=C(NCc3ccc[n+](OC)c3)N2NC1. The van der Waals surface area contributed by atoms with Gasteiger partial charge in [-0.2, -0.15) is 0 Å². The van der Waals surface area contributed by atoms with Gasteiger partial charge in [-0.1, -0.05) is 6.92 Å². The minimum absolute atomic E-state index is 0.746. The second-order valence-electron chi connectivity index (χ2n) is 5.54. The lowest BCUT2D eigenvalue weighted by atomic mass is 10.1. The number of nitrogens with one attached hydrogen (secondary N) is 2. The molecule has 3 heterocycles. The number of nitrogens with zero attached hydrogens (tertiary/aromatic N) is 2. The zero-order valence-corrected chi connectivity index (χ0v) is 13.4. The second-order valence-corrected chi connectivity index (χ2v) is 5.54. The maximum absolute atomic E-state index is 5.20. The van der Waals surface area contributed by atoms with Crippen molar-refractivity contribution in [2.75, 3.05) is 13.7 Å². The zero-order valence-electron chi connectivity index (χ0n) is 13.4. The number of allylic oxidation sites excluding steroid dienone is 3. The van der Waals surface area contributed by atoms with E-state index in [-0.39, 0.29) is 0 Å². The lowest BCUT2D eigenvalue weighted by Crippen LogP contribution is -2.41. The first-order valence-electron chi connectivity index (χ1n) is 7.65. The largest absolute Gasteiger partial charge is 0.366 e. The Morgan fingerprint density at radius 3 is 3.05 bits per heavy atom. The summed E-state index contributed by atoms with van der Waals surface area (Å²) >= 11 is 0. The fourth-order valence-corrected chi connectivity index (χ4v) is 2.78. The summed E-state index contributed by atoms with van der Waals surface area (Å²) in [5.41, 5.74) is 8.61. The molecule has 0 saturated heterocycles. The van der Waals surface area contributed by atoms with E-state index in [0.717, 1.165) is 30.9 Å². The highest BCUT2D eigenvalue weighted by molar-refractivity contribution is 5.42. The highest BCUT2D eigenvalue weighted by Crippen LogP contribution is 2.27. The van der Waals surface area contributed by atoms with Crippen LogP contribution in [0.15, 0.2) is 59.3 Å². The molecule has 0 bridgehead atoms. The Morgan fingerprint density at radius 2 is 2.27 bits per heavy atom. The number of rotatable bonds is 5. The average molecular weight is 299 g/mol. The molecule has 2 aliphatic rings. The van der Waals surface area contributed by atoms with Crippen LogP contribution in [0, 0.1) is 0 Å². The molecule has 5 heteroatoms. The molecule has 0 aromatic carbocycles. The third-order valence-electron chi connectivity index (χ3n) is 3.97. The number of pyridine rings is 1. The van der Waals surface area contributed by atoms with Crippen molar-refractivity contribution in [2.24, 2.45) is 0 Å². The van der Waals surface area contributed by atoms with Crippen LogP contribution in [0.2, 0.25) is 0 Å². The van der Waals surface area contributed by atoms with Crippen LogP contribution in [0.4, 0.5) is 0 Å². The number of aromatic nitrogens is 1. The molecule has 0 aliphatic carbocycles. The molecule has 0 spiro atoms. The third-order valence-corrected chi connectivity index (χ3v) is 3.97. The van der Waals surface area contributed by atoms with Crippen LogP contribution >= 0.6 is 0 Å². The molecule has 1 aromatic heterocycles. The van der Waals surface area contributed by atoms with Gasteiger partial charge in [0.2, 0.25) is 12.4 Å². The van der Waals surface area contributed by atoms with Crippen LogP contribution in [-0.4, -0.2) is 18.7 Å². The van der Waals surface area contributed by atoms with Gasteiger partial charge in [0, 0.05) is 29.4 Å². The molecule has 3 rings (SSSR count). The molecule has 22 heavy (non-hydrogen) atoms. The van der Waals surface area contributed by atoms with Crippen LogP contribution in [0.25, 0.3) is 0 Å². The van der Waals surface area contributed by atoms with Crippen molar-refractivity contribution in [3.8, 4) is 0 Å². The van der Waals surface area contributed by atoms with Gasteiger partial charge in [0.25, 0.3) is 0 Å². The first-order valence-corrected chi connectivity index (χ1v) is 7.65. The molecule has 2 aliphatic heterocycles. The van der Waals surface area contributed by atoms with Gasteiger partial charge in [-0.05, 0) is 42.7 Å². The van der Waals surface area contributed by atoms with Crippen molar-refractivity contribution in [3.05, 3.63) is 64.9 Å². The fraction of sp³-hybridized carbons (Fsp3) is 0.353. The normalized spacial score (nSPS) is 17.1. The second kappa shape index (κ2) is 6.23. The number of hydrogen-bond acceptors (Lipinski definition) is 4. The quantitative estimate of drug-likeness (QED) is 0.807. The number of hydrogen-bond donors (Lipinski definition) is 2. The van der Waals surface area contributed by atoms with Gasteiger partial charge in [0.05, 0.1) is 5.70 Å². The smallest absolute Gasteiger partial charge is 0.227 e. The zero-order chi connectivity index (χ0) is 15.5. The first kappa shape index (κ1) is 14.7. The Labute approximate surface area is 131 Å². The highest BCUT2D eigenvalue weighted by Gasteiger charge is 2.25. The summed E-state index contributed by atoms with van der Waals surface area (Å²) in [7, 11) is 1.66. The maximum Gasteiger partial charge on any atom is 0.227 e. The van der Waals surface area contributed by atoms with Crippen LogP contribution in [0.1, 0.15) is 25.8 Å². The van der Waals surface area contributed by atoms with Crippen molar-refractivity contribution < 1.29 is 9.57 Å². The standard InChI is InChI=1S/C17H23N4O/c1-4-15-11-19-21-16(15)8-13(2)9-17(21)18-10-14-6-5-7-20(12-14)22-3/h5-9,12,18-19H,4,10-11H2,1-3H3/q+1. The van der Waals surface area contributed by atoms with Crippen molar-refractivity contribution in [1.82, 2.24) is 15.8 Å². The molecule has 0 saturated carbocycles. The van der Waals surface area contributed by atoms with Crippen molar-refractivity contribution in [2.45, 2.75) is 26.8 Å². The monoisotopic (exact) mass is 299 g/mol. The van der Waals surface area contributed by atoms with Crippen LogP contribution < -0.4 is 20.3 Å².